The number of rotatable bonds is 5. The lowest BCUT2D eigenvalue weighted by Gasteiger charge is -2.21. The predicted molar refractivity (Wildman–Crippen MR) is 80.8 cm³/mol. The standard InChI is InChI=1S/C15H26N4O/c1-12(2)7-16-8-14-9-17-15(18-10-14)19-5-4-6-20-13(3)11-19/h9-10,12-13,16H,4-8,11H2,1-3H3. The molecule has 0 aromatic carbocycles. The van der Waals surface area contributed by atoms with Crippen molar-refractivity contribution in [2.45, 2.75) is 39.8 Å². The van der Waals surface area contributed by atoms with Crippen molar-refractivity contribution in [3.8, 4) is 0 Å². The third-order valence-electron chi connectivity index (χ3n) is 3.31. The minimum atomic E-state index is 0.244. The van der Waals surface area contributed by atoms with Crippen LogP contribution in [0.4, 0.5) is 5.95 Å². The molecule has 1 saturated heterocycles. The van der Waals surface area contributed by atoms with E-state index in [0.29, 0.717) is 5.92 Å². The fourth-order valence-corrected chi connectivity index (χ4v) is 2.28. The Morgan fingerprint density at radius 1 is 1.40 bits per heavy atom. The van der Waals surface area contributed by atoms with Gasteiger partial charge in [0, 0.05) is 44.2 Å². The number of nitrogens with zero attached hydrogens (tertiary/aromatic N) is 3. The molecule has 5 heteroatoms. The van der Waals surface area contributed by atoms with Gasteiger partial charge >= 0.3 is 0 Å². The fourth-order valence-electron chi connectivity index (χ4n) is 2.28. The Kier molecular flexibility index (Phi) is 5.73. The monoisotopic (exact) mass is 278 g/mol. The van der Waals surface area contributed by atoms with E-state index >= 15 is 0 Å². The summed E-state index contributed by atoms with van der Waals surface area (Å²) in [5.41, 5.74) is 1.13. The van der Waals surface area contributed by atoms with E-state index in [9.17, 15) is 0 Å². The summed E-state index contributed by atoms with van der Waals surface area (Å²) in [4.78, 5) is 11.2. The molecule has 0 spiro atoms. The minimum absolute atomic E-state index is 0.244. The lowest BCUT2D eigenvalue weighted by atomic mass is 10.2. The first-order chi connectivity index (χ1) is 9.65. The van der Waals surface area contributed by atoms with Crippen molar-refractivity contribution < 1.29 is 4.74 Å². The number of hydrogen-bond donors (Lipinski definition) is 1. The maximum atomic E-state index is 5.65. The van der Waals surface area contributed by atoms with Crippen molar-refractivity contribution >= 4 is 5.95 Å². The Bertz CT molecular complexity index is 393. The van der Waals surface area contributed by atoms with Gasteiger partial charge in [-0.15, -0.1) is 0 Å². The van der Waals surface area contributed by atoms with E-state index in [1.165, 1.54) is 0 Å². The van der Waals surface area contributed by atoms with Crippen molar-refractivity contribution in [3.05, 3.63) is 18.0 Å². The molecule has 1 aromatic rings. The lowest BCUT2D eigenvalue weighted by Crippen LogP contribution is -2.31. The summed E-state index contributed by atoms with van der Waals surface area (Å²) in [5, 5.41) is 3.40. The second kappa shape index (κ2) is 7.55. The highest BCUT2D eigenvalue weighted by Gasteiger charge is 2.17. The second-order valence-corrected chi connectivity index (χ2v) is 5.90. The Balaban J connectivity index is 1.90. The van der Waals surface area contributed by atoms with E-state index in [1.807, 2.05) is 12.4 Å². The highest BCUT2D eigenvalue weighted by atomic mass is 16.5. The molecule has 1 aromatic heterocycles. The van der Waals surface area contributed by atoms with Gasteiger partial charge in [0.25, 0.3) is 0 Å². The molecule has 112 valence electrons. The van der Waals surface area contributed by atoms with Gasteiger partial charge in [0.2, 0.25) is 5.95 Å². The first kappa shape index (κ1) is 15.2. The number of ether oxygens (including phenoxy) is 1. The van der Waals surface area contributed by atoms with Crippen LogP contribution in [-0.2, 0) is 11.3 Å². The Morgan fingerprint density at radius 2 is 2.15 bits per heavy atom. The Morgan fingerprint density at radius 3 is 2.85 bits per heavy atom. The largest absolute Gasteiger partial charge is 0.377 e. The summed E-state index contributed by atoms with van der Waals surface area (Å²) in [6, 6.07) is 0. The summed E-state index contributed by atoms with van der Waals surface area (Å²) >= 11 is 0. The minimum Gasteiger partial charge on any atom is -0.377 e. The van der Waals surface area contributed by atoms with Crippen LogP contribution in [0.2, 0.25) is 0 Å². The van der Waals surface area contributed by atoms with Crippen LogP contribution < -0.4 is 10.2 Å². The van der Waals surface area contributed by atoms with Crippen molar-refractivity contribution in [3.63, 3.8) is 0 Å². The predicted octanol–water partition coefficient (Wildman–Crippen LogP) is 1.84. The number of hydrogen-bond acceptors (Lipinski definition) is 5. The maximum absolute atomic E-state index is 5.65. The lowest BCUT2D eigenvalue weighted by molar-refractivity contribution is 0.0820. The summed E-state index contributed by atoms with van der Waals surface area (Å²) < 4.78 is 5.65. The fraction of sp³-hybridized carbons (Fsp3) is 0.733. The zero-order chi connectivity index (χ0) is 14.4. The normalized spacial score (nSPS) is 20.2. The van der Waals surface area contributed by atoms with Gasteiger partial charge in [-0.25, -0.2) is 9.97 Å². The molecule has 1 unspecified atom stereocenters. The van der Waals surface area contributed by atoms with Gasteiger partial charge in [0.15, 0.2) is 0 Å². The van der Waals surface area contributed by atoms with E-state index in [4.69, 9.17) is 4.74 Å². The van der Waals surface area contributed by atoms with Crippen LogP contribution >= 0.6 is 0 Å². The van der Waals surface area contributed by atoms with Crippen molar-refractivity contribution in [2.75, 3.05) is 31.1 Å². The highest BCUT2D eigenvalue weighted by molar-refractivity contribution is 5.30. The molecule has 1 fully saturated rings. The SMILES string of the molecule is CC(C)CNCc1cnc(N2CCCOC(C)C2)nc1. The maximum Gasteiger partial charge on any atom is 0.225 e. The van der Waals surface area contributed by atoms with Gasteiger partial charge in [-0.3, -0.25) is 0 Å². The molecule has 0 aliphatic carbocycles. The third-order valence-corrected chi connectivity index (χ3v) is 3.31. The van der Waals surface area contributed by atoms with Gasteiger partial charge in [-0.2, -0.15) is 0 Å². The van der Waals surface area contributed by atoms with E-state index in [0.717, 1.165) is 50.7 Å². The topological polar surface area (TPSA) is 50.3 Å². The molecule has 1 aliphatic heterocycles. The third kappa shape index (κ3) is 4.72. The van der Waals surface area contributed by atoms with Crippen LogP contribution in [0.1, 0.15) is 32.8 Å². The van der Waals surface area contributed by atoms with Gasteiger partial charge in [-0.05, 0) is 25.8 Å². The summed E-state index contributed by atoms with van der Waals surface area (Å²) in [7, 11) is 0. The molecule has 0 saturated carbocycles. The zero-order valence-electron chi connectivity index (χ0n) is 12.8. The number of anilines is 1. The van der Waals surface area contributed by atoms with E-state index in [2.05, 4.69) is 41.0 Å². The number of aromatic nitrogens is 2. The van der Waals surface area contributed by atoms with Crippen LogP contribution in [-0.4, -0.2) is 42.3 Å². The molecule has 1 atom stereocenters. The molecule has 0 amide bonds. The van der Waals surface area contributed by atoms with Gasteiger partial charge in [-0.1, -0.05) is 13.8 Å². The molecule has 0 radical (unpaired) electrons. The molecule has 0 bridgehead atoms. The van der Waals surface area contributed by atoms with Crippen LogP contribution in [0.25, 0.3) is 0 Å². The molecule has 5 nitrogen and oxygen atoms in total. The van der Waals surface area contributed by atoms with Crippen LogP contribution in [0.15, 0.2) is 12.4 Å². The Hall–Kier alpha value is -1.20. The van der Waals surface area contributed by atoms with Gasteiger partial charge < -0.3 is 15.0 Å². The molecule has 20 heavy (non-hydrogen) atoms. The Labute approximate surface area is 121 Å². The summed E-state index contributed by atoms with van der Waals surface area (Å²) in [6.45, 7) is 11.0. The zero-order valence-corrected chi connectivity index (χ0v) is 12.8. The summed E-state index contributed by atoms with van der Waals surface area (Å²) in [6.07, 6.45) is 5.12. The van der Waals surface area contributed by atoms with Crippen LogP contribution in [0.3, 0.4) is 0 Å². The van der Waals surface area contributed by atoms with Crippen molar-refractivity contribution in [2.24, 2.45) is 5.92 Å². The molecule has 2 heterocycles. The van der Waals surface area contributed by atoms with Gasteiger partial charge in [0.1, 0.15) is 0 Å². The van der Waals surface area contributed by atoms with E-state index in [1.54, 1.807) is 0 Å². The van der Waals surface area contributed by atoms with Gasteiger partial charge in [0.05, 0.1) is 6.10 Å². The van der Waals surface area contributed by atoms with Crippen LogP contribution in [0.5, 0.6) is 0 Å². The average molecular weight is 278 g/mol. The van der Waals surface area contributed by atoms with E-state index < -0.39 is 0 Å². The molecule has 1 N–H and O–H groups in total. The first-order valence-electron chi connectivity index (χ1n) is 7.53. The van der Waals surface area contributed by atoms with Crippen LogP contribution in [0, 0.1) is 5.92 Å². The smallest absolute Gasteiger partial charge is 0.225 e. The quantitative estimate of drug-likeness (QED) is 0.890. The molecular weight excluding hydrogens is 252 g/mol. The average Bonchev–Trinajstić information content (AvgIpc) is 2.64. The van der Waals surface area contributed by atoms with E-state index in [-0.39, 0.29) is 6.10 Å². The molecule has 1 aliphatic rings. The molecular formula is C15H26N4O. The van der Waals surface area contributed by atoms with Crippen molar-refractivity contribution in [1.29, 1.82) is 0 Å². The van der Waals surface area contributed by atoms with Crippen molar-refractivity contribution in [1.82, 2.24) is 15.3 Å². The second-order valence-electron chi connectivity index (χ2n) is 5.90. The summed E-state index contributed by atoms with van der Waals surface area (Å²) in [5.74, 6) is 1.48. The number of nitrogens with one attached hydrogen (secondary N) is 1. The first-order valence-corrected chi connectivity index (χ1v) is 7.53. The highest BCUT2D eigenvalue weighted by Crippen LogP contribution is 2.12. The molecule has 2 rings (SSSR count).